The molecule has 1 aromatic heterocycles. The number of rotatable bonds is 3. The van der Waals surface area contributed by atoms with Gasteiger partial charge in [-0.1, -0.05) is 6.07 Å². The Labute approximate surface area is 129 Å². The van der Waals surface area contributed by atoms with Gasteiger partial charge in [-0.25, -0.2) is 9.98 Å². The van der Waals surface area contributed by atoms with Gasteiger partial charge < -0.3 is 11.1 Å². The summed E-state index contributed by atoms with van der Waals surface area (Å²) in [5, 5.41) is 4.13. The summed E-state index contributed by atoms with van der Waals surface area (Å²) in [6.07, 6.45) is -4.43. The molecule has 0 bridgehead atoms. The van der Waals surface area contributed by atoms with E-state index < -0.39 is 11.9 Å². The van der Waals surface area contributed by atoms with Crippen molar-refractivity contribution >= 4 is 23.0 Å². The number of thiazole rings is 1. The number of aromatic nitrogens is 1. The highest BCUT2D eigenvalue weighted by Gasteiger charge is 2.33. The first kappa shape index (κ1) is 16.3. The normalized spacial score (nSPS) is 12.5. The predicted molar refractivity (Wildman–Crippen MR) is 82.0 cm³/mol. The maximum atomic E-state index is 12.4. The summed E-state index contributed by atoms with van der Waals surface area (Å²) in [4.78, 5) is 7.49. The second-order valence-corrected chi connectivity index (χ2v) is 5.69. The molecule has 0 aliphatic carbocycles. The predicted octanol–water partition coefficient (Wildman–Crippen LogP) is 3.71. The minimum atomic E-state index is -4.43. The average Bonchev–Trinajstić information content (AvgIpc) is 2.89. The Balaban J connectivity index is 2.00. The third-order valence-corrected chi connectivity index (χ3v) is 3.84. The highest BCUT2D eigenvalue weighted by molar-refractivity contribution is 7.09. The molecular weight excluding hydrogens is 313 g/mol. The zero-order valence-corrected chi connectivity index (χ0v) is 12.8. The van der Waals surface area contributed by atoms with Gasteiger partial charge in [0.05, 0.1) is 6.54 Å². The minimum Gasteiger partial charge on any atom is -0.370 e. The van der Waals surface area contributed by atoms with Crippen molar-refractivity contribution in [1.29, 1.82) is 0 Å². The molecule has 0 amide bonds. The summed E-state index contributed by atoms with van der Waals surface area (Å²) in [7, 11) is 0. The van der Waals surface area contributed by atoms with Gasteiger partial charge in [-0.2, -0.15) is 13.2 Å². The molecule has 118 valence electrons. The fraction of sp³-hybridized carbons (Fsp3) is 0.286. The first-order chi connectivity index (χ1) is 10.3. The number of guanidine groups is 1. The molecule has 0 radical (unpaired) electrons. The molecule has 2 aromatic rings. The van der Waals surface area contributed by atoms with Crippen LogP contribution < -0.4 is 11.1 Å². The fourth-order valence-corrected chi connectivity index (χ4v) is 2.40. The summed E-state index contributed by atoms with van der Waals surface area (Å²) in [5.41, 5.74) is 7.87. The van der Waals surface area contributed by atoms with Crippen molar-refractivity contribution in [1.82, 2.24) is 4.98 Å². The van der Waals surface area contributed by atoms with Gasteiger partial charge in [-0.05, 0) is 37.1 Å². The molecule has 2 rings (SSSR count). The van der Waals surface area contributed by atoms with Crippen LogP contribution in [0.3, 0.4) is 0 Å². The van der Waals surface area contributed by atoms with E-state index in [4.69, 9.17) is 5.73 Å². The van der Waals surface area contributed by atoms with E-state index in [2.05, 4.69) is 15.3 Å². The number of aliphatic imine (C=N–C) groups is 1. The van der Waals surface area contributed by atoms with Crippen LogP contribution in [0, 0.1) is 13.8 Å². The molecule has 0 fully saturated rings. The largest absolute Gasteiger partial charge is 0.434 e. The van der Waals surface area contributed by atoms with Crippen LogP contribution in [0.2, 0.25) is 0 Å². The molecule has 0 aliphatic heterocycles. The maximum absolute atomic E-state index is 12.4. The molecule has 1 aromatic carbocycles. The third-order valence-electron chi connectivity index (χ3n) is 3.01. The highest BCUT2D eigenvalue weighted by Crippen LogP contribution is 2.30. The highest BCUT2D eigenvalue weighted by atomic mass is 32.1. The van der Waals surface area contributed by atoms with E-state index >= 15 is 0 Å². The lowest BCUT2D eigenvalue weighted by atomic mass is 10.1. The van der Waals surface area contributed by atoms with E-state index in [0.717, 1.165) is 33.5 Å². The molecule has 0 aliphatic rings. The molecule has 1 heterocycles. The number of benzene rings is 1. The second kappa shape index (κ2) is 6.35. The number of nitrogens with zero attached hydrogens (tertiary/aromatic N) is 2. The second-order valence-electron chi connectivity index (χ2n) is 4.75. The van der Waals surface area contributed by atoms with Crippen LogP contribution in [0.15, 0.2) is 28.6 Å². The lowest BCUT2D eigenvalue weighted by Gasteiger charge is -2.07. The molecule has 0 atom stereocenters. The topological polar surface area (TPSA) is 63.3 Å². The van der Waals surface area contributed by atoms with E-state index in [9.17, 15) is 13.2 Å². The van der Waals surface area contributed by atoms with Gasteiger partial charge in [0.2, 0.25) is 0 Å². The van der Waals surface area contributed by atoms with Crippen LogP contribution in [0.4, 0.5) is 18.9 Å². The lowest BCUT2D eigenvalue weighted by molar-refractivity contribution is -0.140. The minimum absolute atomic E-state index is 0.00439. The Morgan fingerprint density at radius 2 is 2.05 bits per heavy atom. The Bertz CT molecular complexity index is 692. The van der Waals surface area contributed by atoms with E-state index in [-0.39, 0.29) is 17.5 Å². The quantitative estimate of drug-likeness (QED) is 0.667. The standard InChI is InChI=1S/C14H15F3N4S/c1-8-3-4-10(5-9(8)2)20-13(18)19-6-12-21-11(7-22-12)14(15,16)17/h3-5,7H,6H2,1-2H3,(H3,18,19,20). The van der Waals surface area contributed by atoms with Crippen LogP contribution in [0.5, 0.6) is 0 Å². The Kier molecular flexibility index (Phi) is 4.70. The third kappa shape index (κ3) is 4.20. The summed E-state index contributed by atoms with van der Waals surface area (Å²) < 4.78 is 37.3. The monoisotopic (exact) mass is 328 g/mol. The van der Waals surface area contributed by atoms with Gasteiger partial charge in [-0.15, -0.1) is 11.3 Å². The van der Waals surface area contributed by atoms with Crippen LogP contribution in [0.1, 0.15) is 21.8 Å². The van der Waals surface area contributed by atoms with Crippen molar-refractivity contribution in [2.75, 3.05) is 5.32 Å². The molecule has 22 heavy (non-hydrogen) atoms. The van der Waals surface area contributed by atoms with Gasteiger partial charge in [0, 0.05) is 11.1 Å². The SMILES string of the molecule is Cc1ccc(NC(N)=NCc2nc(C(F)(F)F)cs2)cc1C. The summed E-state index contributed by atoms with van der Waals surface area (Å²) in [6.45, 7) is 3.98. The first-order valence-electron chi connectivity index (χ1n) is 6.41. The van der Waals surface area contributed by atoms with Gasteiger partial charge >= 0.3 is 6.18 Å². The Morgan fingerprint density at radius 3 is 2.64 bits per heavy atom. The van der Waals surface area contributed by atoms with E-state index in [1.807, 2.05) is 32.0 Å². The summed E-state index contributed by atoms with van der Waals surface area (Å²) in [6, 6.07) is 5.72. The van der Waals surface area contributed by atoms with Gasteiger partial charge in [-0.3, -0.25) is 0 Å². The van der Waals surface area contributed by atoms with Crippen molar-refractivity contribution < 1.29 is 13.2 Å². The summed E-state index contributed by atoms with van der Waals surface area (Å²) in [5.74, 6) is 0.131. The fourth-order valence-electron chi connectivity index (χ4n) is 1.67. The van der Waals surface area contributed by atoms with Gasteiger partial charge in [0.25, 0.3) is 0 Å². The van der Waals surface area contributed by atoms with Crippen LogP contribution in [-0.4, -0.2) is 10.9 Å². The molecule has 0 spiro atoms. The number of anilines is 1. The smallest absolute Gasteiger partial charge is 0.370 e. The number of halogens is 3. The zero-order valence-electron chi connectivity index (χ0n) is 12.0. The molecule has 3 N–H and O–H groups in total. The number of alkyl halides is 3. The van der Waals surface area contributed by atoms with Crippen LogP contribution in [0.25, 0.3) is 0 Å². The van der Waals surface area contributed by atoms with Crippen molar-refractivity contribution in [2.24, 2.45) is 10.7 Å². The lowest BCUT2D eigenvalue weighted by Crippen LogP contribution is -2.22. The number of hydrogen-bond acceptors (Lipinski definition) is 3. The number of hydrogen-bond donors (Lipinski definition) is 2. The molecule has 0 saturated heterocycles. The van der Waals surface area contributed by atoms with Crippen LogP contribution in [-0.2, 0) is 12.7 Å². The Morgan fingerprint density at radius 1 is 1.32 bits per heavy atom. The van der Waals surface area contributed by atoms with Crippen molar-refractivity contribution in [3.05, 3.63) is 45.4 Å². The van der Waals surface area contributed by atoms with Crippen molar-refractivity contribution in [2.45, 2.75) is 26.6 Å². The molecule has 0 saturated carbocycles. The molecule has 8 heteroatoms. The van der Waals surface area contributed by atoms with E-state index in [1.165, 1.54) is 0 Å². The molecule has 4 nitrogen and oxygen atoms in total. The zero-order chi connectivity index (χ0) is 16.3. The number of nitrogens with one attached hydrogen (secondary N) is 1. The van der Waals surface area contributed by atoms with Crippen molar-refractivity contribution in [3.63, 3.8) is 0 Å². The van der Waals surface area contributed by atoms with E-state index in [0.29, 0.717) is 0 Å². The molecule has 0 unspecified atom stereocenters. The maximum Gasteiger partial charge on any atom is 0.434 e. The van der Waals surface area contributed by atoms with Crippen LogP contribution >= 0.6 is 11.3 Å². The molecular formula is C14H15F3N4S. The average molecular weight is 328 g/mol. The van der Waals surface area contributed by atoms with Crippen molar-refractivity contribution in [3.8, 4) is 0 Å². The summed E-state index contributed by atoms with van der Waals surface area (Å²) >= 11 is 0.908. The van der Waals surface area contributed by atoms with Gasteiger partial charge in [0.15, 0.2) is 11.7 Å². The number of nitrogens with two attached hydrogens (primary N) is 1. The first-order valence-corrected chi connectivity index (χ1v) is 7.29. The Hall–Kier alpha value is -2.09. The number of aryl methyl sites for hydroxylation is 2. The van der Waals surface area contributed by atoms with Gasteiger partial charge in [0.1, 0.15) is 5.01 Å². The van der Waals surface area contributed by atoms with E-state index in [1.54, 1.807) is 0 Å².